The second-order valence-corrected chi connectivity index (χ2v) is 16.4. The van der Waals surface area contributed by atoms with Crippen molar-refractivity contribution in [1.82, 2.24) is 4.90 Å². The van der Waals surface area contributed by atoms with E-state index in [1.807, 2.05) is 25.7 Å². The quantitative estimate of drug-likeness (QED) is 0.354. The third kappa shape index (κ3) is 5.35. The molecule has 39 heavy (non-hydrogen) atoms. The molecule has 10 atom stereocenters. The van der Waals surface area contributed by atoms with E-state index in [1.54, 1.807) is 0 Å². The molecule has 5 rings (SSSR count). The summed E-state index contributed by atoms with van der Waals surface area (Å²) in [7, 11) is 0. The van der Waals surface area contributed by atoms with Gasteiger partial charge in [-0.25, -0.2) is 4.79 Å². The minimum atomic E-state index is -0.439. The summed E-state index contributed by atoms with van der Waals surface area (Å²) >= 11 is 0. The number of carbonyl (C=O) groups excluding carboxylic acids is 1. The van der Waals surface area contributed by atoms with E-state index in [4.69, 9.17) is 4.74 Å². The zero-order valence-electron chi connectivity index (χ0n) is 26.3. The van der Waals surface area contributed by atoms with Crippen LogP contribution in [-0.2, 0) is 4.74 Å². The fraction of sp³-hybridized carbons (Fsp3) is 0.914. The summed E-state index contributed by atoms with van der Waals surface area (Å²) in [4.78, 5) is 14.6. The Kier molecular flexibility index (Phi) is 8.06. The number of fused-ring (bicyclic) bond motifs is 5. The lowest BCUT2D eigenvalue weighted by molar-refractivity contribution is -0.171. The number of aliphatic hydroxyl groups excluding tert-OH is 1. The van der Waals surface area contributed by atoms with E-state index < -0.39 is 5.60 Å². The topological polar surface area (TPSA) is 49.8 Å². The average Bonchev–Trinajstić information content (AvgIpc) is 3.45. The van der Waals surface area contributed by atoms with Crippen molar-refractivity contribution in [2.45, 2.75) is 150 Å². The van der Waals surface area contributed by atoms with E-state index in [1.165, 1.54) is 51.4 Å². The third-order valence-electron chi connectivity index (χ3n) is 13.2. The molecule has 4 heteroatoms. The standard InChI is InChI=1S/C35H59NO3/c1-24(11-8-9-12-25-13-10-22-36(25)31(38)39-32(2,3)4)28-14-15-29-27-17-19-33(5)23-26(37)16-21-35(33,7)30(27)18-20-34(28,29)6/h9,12,24-30,37H,8,10-11,13-23H2,1-7H3/t24-,25?,26-,27+,28-,29+,30+,33-,34-,35-/m1/s1. The largest absolute Gasteiger partial charge is 0.444 e. The van der Waals surface area contributed by atoms with Gasteiger partial charge in [0.2, 0.25) is 0 Å². The van der Waals surface area contributed by atoms with Crippen molar-refractivity contribution in [3.05, 3.63) is 12.2 Å². The molecule has 1 saturated heterocycles. The highest BCUT2D eigenvalue weighted by Crippen LogP contribution is 2.71. The molecule has 1 unspecified atom stereocenters. The van der Waals surface area contributed by atoms with Gasteiger partial charge in [-0.05, 0) is 150 Å². The first-order valence-electron chi connectivity index (χ1n) is 16.6. The molecule has 4 aliphatic carbocycles. The van der Waals surface area contributed by atoms with E-state index in [-0.39, 0.29) is 18.2 Å². The van der Waals surface area contributed by atoms with Crippen LogP contribution >= 0.6 is 0 Å². The van der Waals surface area contributed by atoms with Crippen molar-refractivity contribution in [2.24, 2.45) is 45.8 Å². The first-order chi connectivity index (χ1) is 18.3. The normalized spacial score (nSPS) is 45.1. The molecule has 0 aromatic heterocycles. The van der Waals surface area contributed by atoms with Crippen LogP contribution in [0.4, 0.5) is 4.79 Å². The Bertz CT molecular complexity index is 923. The molecule has 0 aromatic carbocycles. The van der Waals surface area contributed by atoms with Crippen LogP contribution in [-0.4, -0.2) is 40.4 Å². The predicted molar refractivity (Wildman–Crippen MR) is 159 cm³/mol. The number of aliphatic hydroxyl groups is 1. The molecule has 0 bridgehead atoms. The van der Waals surface area contributed by atoms with Crippen LogP contribution < -0.4 is 0 Å². The van der Waals surface area contributed by atoms with Gasteiger partial charge in [0.15, 0.2) is 0 Å². The Labute approximate surface area is 239 Å². The lowest BCUT2D eigenvalue weighted by atomic mass is 9.40. The van der Waals surface area contributed by atoms with Crippen molar-refractivity contribution in [3.8, 4) is 0 Å². The number of nitrogens with zero attached hydrogens (tertiary/aromatic N) is 1. The van der Waals surface area contributed by atoms with E-state index in [0.717, 1.165) is 68.2 Å². The number of likely N-dealkylation sites (tertiary alicyclic amines) is 1. The van der Waals surface area contributed by atoms with Crippen LogP contribution in [0, 0.1) is 45.8 Å². The van der Waals surface area contributed by atoms with Gasteiger partial charge in [-0.3, -0.25) is 0 Å². The maximum absolute atomic E-state index is 12.6. The molecular weight excluding hydrogens is 482 g/mol. The van der Waals surface area contributed by atoms with E-state index in [0.29, 0.717) is 16.2 Å². The number of ether oxygens (including phenoxy) is 1. The monoisotopic (exact) mass is 541 g/mol. The van der Waals surface area contributed by atoms with Gasteiger partial charge in [0, 0.05) is 6.54 Å². The van der Waals surface area contributed by atoms with Gasteiger partial charge < -0.3 is 14.7 Å². The van der Waals surface area contributed by atoms with Crippen LogP contribution in [0.3, 0.4) is 0 Å². The zero-order valence-corrected chi connectivity index (χ0v) is 26.3. The van der Waals surface area contributed by atoms with Crippen LogP contribution in [0.15, 0.2) is 12.2 Å². The van der Waals surface area contributed by atoms with Gasteiger partial charge in [-0.1, -0.05) is 39.8 Å². The lowest BCUT2D eigenvalue weighted by Gasteiger charge is -2.65. The molecule has 5 aliphatic rings. The van der Waals surface area contributed by atoms with Crippen LogP contribution in [0.5, 0.6) is 0 Å². The Morgan fingerprint density at radius 1 is 1.03 bits per heavy atom. The molecule has 1 N–H and O–H groups in total. The summed E-state index contributed by atoms with van der Waals surface area (Å²) in [6, 6.07) is 0.193. The van der Waals surface area contributed by atoms with Crippen molar-refractivity contribution >= 4 is 6.09 Å². The first-order valence-corrected chi connectivity index (χ1v) is 16.6. The maximum atomic E-state index is 12.6. The van der Waals surface area contributed by atoms with Gasteiger partial charge in [0.05, 0.1) is 12.1 Å². The zero-order chi connectivity index (χ0) is 28.2. The SMILES string of the molecule is C[C@H](CCC=CC1CCCN1C(=O)OC(C)(C)C)[C@H]1CC[C@H]2[C@@H]3CC[C@]4(C)C[C@H](O)CC[C@]4(C)[C@H]3CC[C@]12C. The van der Waals surface area contributed by atoms with Gasteiger partial charge in [0.25, 0.3) is 0 Å². The summed E-state index contributed by atoms with van der Waals surface area (Å²) in [5, 5.41) is 10.5. The smallest absolute Gasteiger partial charge is 0.410 e. The van der Waals surface area contributed by atoms with Gasteiger partial charge >= 0.3 is 6.09 Å². The van der Waals surface area contributed by atoms with Crippen molar-refractivity contribution in [1.29, 1.82) is 0 Å². The van der Waals surface area contributed by atoms with Crippen LogP contribution in [0.1, 0.15) is 132 Å². The Morgan fingerprint density at radius 2 is 1.79 bits per heavy atom. The predicted octanol–water partition coefficient (Wildman–Crippen LogP) is 8.77. The molecular formula is C35H59NO3. The van der Waals surface area contributed by atoms with Crippen molar-refractivity contribution in [3.63, 3.8) is 0 Å². The Hall–Kier alpha value is -1.03. The van der Waals surface area contributed by atoms with Crippen LogP contribution in [0.2, 0.25) is 0 Å². The molecule has 0 radical (unpaired) electrons. The minimum Gasteiger partial charge on any atom is -0.444 e. The molecule has 4 saturated carbocycles. The highest BCUT2D eigenvalue weighted by molar-refractivity contribution is 5.69. The molecule has 1 amide bonds. The maximum Gasteiger partial charge on any atom is 0.410 e. The highest BCUT2D eigenvalue weighted by Gasteiger charge is 2.63. The summed E-state index contributed by atoms with van der Waals surface area (Å²) in [6.45, 7) is 17.0. The molecule has 4 nitrogen and oxygen atoms in total. The first kappa shape index (κ1) is 29.5. The number of amides is 1. The number of carbonyl (C=O) groups is 1. The molecule has 5 fully saturated rings. The number of hydrogen-bond donors (Lipinski definition) is 1. The molecule has 222 valence electrons. The fourth-order valence-corrected chi connectivity index (χ4v) is 10.9. The van der Waals surface area contributed by atoms with Crippen molar-refractivity contribution in [2.75, 3.05) is 6.54 Å². The summed E-state index contributed by atoms with van der Waals surface area (Å²) in [5.41, 5.74) is 0.807. The van der Waals surface area contributed by atoms with Gasteiger partial charge in [-0.2, -0.15) is 0 Å². The van der Waals surface area contributed by atoms with Crippen LogP contribution in [0.25, 0.3) is 0 Å². The highest BCUT2D eigenvalue weighted by atomic mass is 16.6. The Balaban J connectivity index is 1.17. The molecule has 0 aromatic rings. The van der Waals surface area contributed by atoms with E-state index in [2.05, 4.69) is 39.8 Å². The second-order valence-electron chi connectivity index (χ2n) is 16.4. The molecule has 0 spiro atoms. The Morgan fingerprint density at radius 3 is 2.54 bits per heavy atom. The van der Waals surface area contributed by atoms with Crippen molar-refractivity contribution < 1.29 is 14.6 Å². The number of rotatable bonds is 5. The number of allylic oxidation sites excluding steroid dienone is 1. The lowest BCUT2D eigenvalue weighted by Crippen LogP contribution is -2.58. The fourth-order valence-electron chi connectivity index (χ4n) is 10.9. The minimum absolute atomic E-state index is 0.0757. The van der Waals surface area contributed by atoms with E-state index >= 15 is 0 Å². The third-order valence-corrected chi connectivity index (χ3v) is 13.2. The molecule has 1 aliphatic heterocycles. The summed E-state index contributed by atoms with van der Waals surface area (Å²) < 4.78 is 5.65. The molecule has 1 heterocycles. The summed E-state index contributed by atoms with van der Waals surface area (Å²) in [6.07, 6.45) is 20.5. The average molecular weight is 542 g/mol. The van der Waals surface area contributed by atoms with Gasteiger partial charge in [-0.15, -0.1) is 0 Å². The van der Waals surface area contributed by atoms with E-state index in [9.17, 15) is 9.90 Å². The second kappa shape index (κ2) is 10.7. The van der Waals surface area contributed by atoms with Gasteiger partial charge in [0.1, 0.15) is 5.60 Å². The summed E-state index contributed by atoms with van der Waals surface area (Å²) in [5.74, 6) is 4.25. The number of hydrogen-bond acceptors (Lipinski definition) is 3.